The van der Waals surface area contributed by atoms with Gasteiger partial charge in [0.15, 0.2) is 0 Å². The van der Waals surface area contributed by atoms with Crippen LogP contribution in [0.5, 0.6) is 0 Å². The fourth-order valence-corrected chi connectivity index (χ4v) is 2.56. The van der Waals surface area contributed by atoms with Crippen molar-refractivity contribution in [3.8, 4) is 0 Å². The number of hydrogen-bond donors (Lipinski definition) is 2. The number of benzene rings is 1. The number of nitrogens with one attached hydrogen (secondary N) is 2. The van der Waals surface area contributed by atoms with Crippen LogP contribution in [0.4, 0.5) is 5.69 Å². The first-order valence-electron chi connectivity index (χ1n) is 8.59. The number of aryl methyl sites for hydroxylation is 1. The van der Waals surface area contributed by atoms with Crippen LogP contribution in [0.15, 0.2) is 36.5 Å². The summed E-state index contributed by atoms with van der Waals surface area (Å²) in [6.45, 7) is 8.72. The van der Waals surface area contributed by atoms with Crippen LogP contribution in [0, 0.1) is 6.92 Å². The number of anilines is 1. The molecule has 0 saturated carbocycles. The van der Waals surface area contributed by atoms with Crippen molar-refractivity contribution in [1.29, 1.82) is 0 Å². The van der Waals surface area contributed by atoms with Crippen LogP contribution in [0.25, 0.3) is 0 Å². The molecule has 0 atom stereocenters. The number of hydrogen-bond acceptors (Lipinski definition) is 3. The van der Waals surface area contributed by atoms with Gasteiger partial charge in [-0.3, -0.25) is 14.6 Å². The van der Waals surface area contributed by atoms with Gasteiger partial charge in [-0.2, -0.15) is 0 Å². The number of pyridine rings is 1. The van der Waals surface area contributed by atoms with E-state index in [1.165, 1.54) is 12.3 Å². The number of carbonyl (C=O) groups is 2. The first kappa shape index (κ1) is 18.6. The quantitative estimate of drug-likeness (QED) is 0.838. The molecule has 0 aliphatic rings. The molecule has 0 aliphatic carbocycles. The van der Waals surface area contributed by atoms with Crippen LogP contribution in [0.2, 0.25) is 0 Å². The van der Waals surface area contributed by atoms with Crippen LogP contribution in [0.3, 0.4) is 0 Å². The van der Waals surface area contributed by atoms with E-state index in [-0.39, 0.29) is 23.4 Å². The number of amides is 2. The van der Waals surface area contributed by atoms with E-state index in [0.29, 0.717) is 12.1 Å². The first-order chi connectivity index (χ1) is 11.9. The third-order valence-corrected chi connectivity index (χ3v) is 3.96. The number of aromatic nitrogens is 1. The Morgan fingerprint density at radius 3 is 2.60 bits per heavy atom. The summed E-state index contributed by atoms with van der Waals surface area (Å²) in [4.78, 5) is 28.8. The Bertz CT molecular complexity index is 769. The lowest BCUT2D eigenvalue weighted by molar-refractivity contribution is 0.0953. The molecule has 1 heterocycles. The highest BCUT2D eigenvalue weighted by Crippen LogP contribution is 2.27. The summed E-state index contributed by atoms with van der Waals surface area (Å²) < 4.78 is 0. The molecule has 0 spiro atoms. The maximum absolute atomic E-state index is 12.6. The maximum atomic E-state index is 12.6. The smallest absolute Gasteiger partial charge is 0.274 e. The summed E-state index contributed by atoms with van der Waals surface area (Å²) in [7, 11) is 0. The van der Waals surface area contributed by atoms with Gasteiger partial charge in [0.2, 0.25) is 0 Å². The molecule has 0 aliphatic heterocycles. The second-order valence-electron chi connectivity index (χ2n) is 6.33. The highest BCUT2D eigenvalue weighted by Gasteiger charge is 2.15. The Balaban J connectivity index is 2.24. The molecular formula is C20H25N3O2. The molecule has 2 rings (SSSR count). The molecule has 0 unspecified atom stereocenters. The molecule has 5 heteroatoms. The third kappa shape index (κ3) is 4.66. The van der Waals surface area contributed by atoms with Gasteiger partial charge < -0.3 is 10.6 Å². The second kappa shape index (κ2) is 8.42. The van der Waals surface area contributed by atoms with Crippen LogP contribution < -0.4 is 10.6 Å². The van der Waals surface area contributed by atoms with Gasteiger partial charge >= 0.3 is 0 Å². The minimum absolute atomic E-state index is 0.197. The molecule has 25 heavy (non-hydrogen) atoms. The van der Waals surface area contributed by atoms with E-state index in [9.17, 15) is 9.59 Å². The molecule has 5 nitrogen and oxygen atoms in total. The Hall–Kier alpha value is -2.69. The monoisotopic (exact) mass is 339 g/mol. The van der Waals surface area contributed by atoms with Crippen LogP contribution >= 0.6 is 0 Å². The Labute approximate surface area is 148 Å². The third-order valence-electron chi connectivity index (χ3n) is 3.96. The molecule has 132 valence electrons. The van der Waals surface area contributed by atoms with Gasteiger partial charge in [0, 0.05) is 24.0 Å². The summed E-state index contributed by atoms with van der Waals surface area (Å²) in [6.07, 6.45) is 2.34. The molecular weight excluding hydrogens is 314 g/mol. The van der Waals surface area contributed by atoms with Crippen molar-refractivity contribution in [2.45, 2.75) is 40.0 Å². The zero-order valence-corrected chi connectivity index (χ0v) is 15.2. The highest BCUT2D eigenvalue weighted by molar-refractivity contribution is 6.05. The van der Waals surface area contributed by atoms with Crippen molar-refractivity contribution < 1.29 is 9.59 Å². The van der Waals surface area contributed by atoms with Crippen LogP contribution in [0.1, 0.15) is 65.1 Å². The summed E-state index contributed by atoms with van der Waals surface area (Å²) in [5.41, 5.74) is 3.54. The predicted octanol–water partition coefficient (Wildman–Crippen LogP) is 3.91. The van der Waals surface area contributed by atoms with Crippen molar-refractivity contribution in [3.05, 3.63) is 58.9 Å². The summed E-state index contributed by atoms with van der Waals surface area (Å²) >= 11 is 0. The number of rotatable bonds is 6. The first-order valence-corrected chi connectivity index (χ1v) is 8.59. The lowest BCUT2D eigenvalue weighted by Crippen LogP contribution is -2.25. The topological polar surface area (TPSA) is 71.1 Å². The number of carbonyl (C=O) groups excluding carboxylic acids is 2. The molecule has 0 bridgehead atoms. The fraction of sp³-hybridized carbons (Fsp3) is 0.350. The van der Waals surface area contributed by atoms with E-state index < -0.39 is 0 Å². The lowest BCUT2D eigenvalue weighted by atomic mass is 9.98. The largest absolute Gasteiger partial charge is 0.352 e. The van der Waals surface area contributed by atoms with E-state index in [1.54, 1.807) is 6.07 Å². The maximum Gasteiger partial charge on any atom is 0.274 e. The average molecular weight is 339 g/mol. The molecule has 1 aromatic heterocycles. The summed E-state index contributed by atoms with van der Waals surface area (Å²) in [5, 5.41) is 5.75. The van der Waals surface area contributed by atoms with Crippen molar-refractivity contribution in [2.24, 2.45) is 0 Å². The van der Waals surface area contributed by atoms with E-state index in [0.717, 1.165) is 23.2 Å². The Morgan fingerprint density at radius 1 is 1.16 bits per heavy atom. The Morgan fingerprint density at radius 2 is 1.92 bits per heavy atom. The van der Waals surface area contributed by atoms with Gasteiger partial charge in [-0.05, 0) is 42.5 Å². The minimum Gasteiger partial charge on any atom is -0.352 e. The van der Waals surface area contributed by atoms with Crippen molar-refractivity contribution in [3.63, 3.8) is 0 Å². The molecule has 0 saturated heterocycles. The second-order valence-corrected chi connectivity index (χ2v) is 6.33. The van der Waals surface area contributed by atoms with E-state index in [2.05, 4.69) is 29.5 Å². The minimum atomic E-state index is -0.318. The molecule has 2 N–H and O–H groups in total. The normalized spacial score (nSPS) is 10.6. The molecule has 0 radical (unpaired) electrons. The van der Waals surface area contributed by atoms with Crippen molar-refractivity contribution in [2.75, 3.05) is 11.9 Å². The average Bonchev–Trinajstić information content (AvgIpc) is 2.61. The van der Waals surface area contributed by atoms with Gasteiger partial charge in [-0.15, -0.1) is 0 Å². The predicted molar refractivity (Wildman–Crippen MR) is 100 cm³/mol. The number of para-hydroxylation sites is 1. The summed E-state index contributed by atoms with van der Waals surface area (Å²) in [6, 6.07) is 9.08. The van der Waals surface area contributed by atoms with Crippen LogP contribution in [-0.4, -0.2) is 23.3 Å². The zero-order valence-electron chi connectivity index (χ0n) is 15.2. The molecule has 0 fully saturated rings. The summed E-state index contributed by atoms with van der Waals surface area (Å²) in [5.74, 6) is -0.229. The highest BCUT2D eigenvalue weighted by atomic mass is 16.2. The van der Waals surface area contributed by atoms with Gasteiger partial charge in [-0.25, -0.2) is 0 Å². The SMILES string of the molecule is CCCNC(=O)c1ccnc(C(=O)Nc2c(C)cccc2C(C)C)c1. The van der Waals surface area contributed by atoms with Gasteiger partial charge in [-0.1, -0.05) is 39.0 Å². The van der Waals surface area contributed by atoms with Gasteiger partial charge in [0.05, 0.1) is 0 Å². The number of nitrogens with zero attached hydrogens (tertiary/aromatic N) is 1. The lowest BCUT2D eigenvalue weighted by Gasteiger charge is -2.16. The molecule has 1 aromatic carbocycles. The fourth-order valence-electron chi connectivity index (χ4n) is 2.56. The Kier molecular flexibility index (Phi) is 6.28. The zero-order chi connectivity index (χ0) is 18.4. The van der Waals surface area contributed by atoms with Crippen molar-refractivity contribution in [1.82, 2.24) is 10.3 Å². The van der Waals surface area contributed by atoms with Gasteiger partial charge in [0.25, 0.3) is 11.8 Å². The van der Waals surface area contributed by atoms with E-state index in [4.69, 9.17) is 0 Å². The van der Waals surface area contributed by atoms with Crippen LogP contribution in [-0.2, 0) is 0 Å². The van der Waals surface area contributed by atoms with Crippen molar-refractivity contribution >= 4 is 17.5 Å². The molecule has 2 amide bonds. The standard InChI is InChI=1S/C20H25N3O2/c1-5-10-22-19(24)15-9-11-21-17(12-15)20(25)23-18-14(4)7-6-8-16(18)13(2)3/h6-9,11-13H,5,10H2,1-4H3,(H,22,24)(H,23,25). The van der Waals surface area contributed by atoms with E-state index in [1.807, 2.05) is 32.0 Å². The van der Waals surface area contributed by atoms with E-state index >= 15 is 0 Å². The molecule has 2 aromatic rings. The van der Waals surface area contributed by atoms with Gasteiger partial charge in [0.1, 0.15) is 5.69 Å².